The van der Waals surface area contributed by atoms with Crippen molar-refractivity contribution in [2.75, 3.05) is 6.61 Å². The van der Waals surface area contributed by atoms with Crippen LogP contribution >= 0.6 is 0 Å². The Balaban J connectivity index is 3.28. The molecule has 68 valence electrons. The van der Waals surface area contributed by atoms with Crippen LogP contribution in [0.4, 0.5) is 0 Å². The molecule has 11 heavy (non-hydrogen) atoms. The van der Waals surface area contributed by atoms with E-state index in [0.29, 0.717) is 6.42 Å². The molecule has 6 heteroatoms. The first-order valence-electron chi connectivity index (χ1n) is 3.42. The highest BCUT2D eigenvalue weighted by atomic mass is 28.4. The van der Waals surface area contributed by atoms with E-state index < -0.39 is 14.9 Å². The predicted molar refractivity (Wildman–Crippen MR) is 39.5 cm³/mol. The Labute approximate surface area is 65.9 Å². The van der Waals surface area contributed by atoms with Crippen molar-refractivity contribution in [3.05, 3.63) is 0 Å². The molecule has 0 aliphatic rings. The minimum atomic E-state index is -3.93. The van der Waals surface area contributed by atoms with Gasteiger partial charge in [-0.15, -0.1) is 0 Å². The van der Waals surface area contributed by atoms with Gasteiger partial charge in [-0.05, 0) is 12.8 Å². The topological polar surface area (TPSA) is 101 Å². The lowest BCUT2D eigenvalue weighted by Crippen LogP contribution is -2.34. The quantitative estimate of drug-likeness (QED) is 0.318. The highest BCUT2D eigenvalue weighted by molar-refractivity contribution is 6.56. The maximum absolute atomic E-state index is 8.78. The molecule has 0 amide bonds. The van der Waals surface area contributed by atoms with Crippen LogP contribution in [0.2, 0.25) is 6.04 Å². The Morgan fingerprint density at radius 1 is 1.18 bits per heavy atom. The van der Waals surface area contributed by atoms with Crippen molar-refractivity contribution in [3.63, 3.8) is 0 Å². The van der Waals surface area contributed by atoms with E-state index in [1.165, 1.54) is 0 Å². The Kier molecular flexibility index (Phi) is 4.81. The molecule has 0 radical (unpaired) electrons. The molecule has 0 aliphatic heterocycles. The summed E-state index contributed by atoms with van der Waals surface area (Å²) in [5, 5.41) is 17.1. The van der Waals surface area contributed by atoms with Crippen molar-refractivity contribution < 1.29 is 24.6 Å². The zero-order chi connectivity index (χ0) is 8.91. The van der Waals surface area contributed by atoms with Gasteiger partial charge in [0.05, 0.1) is 12.7 Å². The molecule has 0 saturated heterocycles. The van der Waals surface area contributed by atoms with Crippen molar-refractivity contribution >= 4 is 8.80 Å². The van der Waals surface area contributed by atoms with Crippen LogP contribution in [0.1, 0.15) is 12.8 Å². The first-order chi connectivity index (χ1) is 4.95. The summed E-state index contributed by atoms with van der Waals surface area (Å²) in [5.74, 6) is 0. The van der Waals surface area contributed by atoms with Gasteiger partial charge in [-0.25, -0.2) is 0 Å². The van der Waals surface area contributed by atoms with Gasteiger partial charge in [0.15, 0.2) is 0 Å². The minimum absolute atomic E-state index is 0.0932. The van der Waals surface area contributed by atoms with E-state index >= 15 is 0 Å². The maximum Gasteiger partial charge on any atom is 0.492 e. The van der Waals surface area contributed by atoms with E-state index in [1.54, 1.807) is 0 Å². The van der Waals surface area contributed by atoms with E-state index in [0.717, 1.165) is 0 Å². The lowest BCUT2D eigenvalue weighted by molar-refractivity contribution is 0.0865. The maximum atomic E-state index is 8.78. The van der Waals surface area contributed by atoms with Crippen LogP contribution in [0.15, 0.2) is 0 Å². The molecule has 5 N–H and O–H groups in total. The fraction of sp³-hybridized carbons (Fsp3) is 1.00. The van der Waals surface area contributed by atoms with Gasteiger partial charge in [0, 0.05) is 6.04 Å². The molecule has 0 aromatic carbocycles. The van der Waals surface area contributed by atoms with E-state index in [2.05, 4.69) is 0 Å². The summed E-state index contributed by atoms with van der Waals surface area (Å²) in [7, 11) is -3.93. The Bertz CT molecular complexity index is 102. The molecule has 0 spiro atoms. The second kappa shape index (κ2) is 4.81. The van der Waals surface area contributed by atoms with Crippen LogP contribution in [-0.2, 0) is 0 Å². The number of aliphatic hydroxyl groups excluding tert-OH is 2. The van der Waals surface area contributed by atoms with Crippen molar-refractivity contribution in [1.29, 1.82) is 0 Å². The van der Waals surface area contributed by atoms with Gasteiger partial charge < -0.3 is 24.6 Å². The number of hydrogen-bond acceptors (Lipinski definition) is 5. The molecular formula is C5H14O5Si. The molecule has 0 bridgehead atoms. The van der Waals surface area contributed by atoms with E-state index in [4.69, 9.17) is 24.6 Å². The molecule has 0 aromatic rings. The van der Waals surface area contributed by atoms with Crippen molar-refractivity contribution in [2.24, 2.45) is 0 Å². The van der Waals surface area contributed by atoms with Crippen molar-refractivity contribution in [3.8, 4) is 0 Å². The van der Waals surface area contributed by atoms with Gasteiger partial charge in [-0.1, -0.05) is 0 Å². The third-order valence-electron chi connectivity index (χ3n) is 1.26. The lowest BCUT2D eigenvalue weighted by atomic mass is 10.2. The van der Waals surface area contributed by atoms with Crippen LogP contribution in [-0.4, -0.2) is 46.1 Å². The molecule has 1 atom stereocenters. The molecule has 0 heterocycles. The molecule has 0 aliphatic carbocycles. The van der Waals surface area contributed by atoms with Gasteiger partial charge in [0.25, 0.3) is 0 Å². The summed E-state index contributed by atoms with van der Waals surface area (Å²) in [4.78, 5) is 25.5. The number of hydrogen-bond donors (Lipinski definition) is 5. The lowest BCUT2D eigenvalue weighted by Gasteiger charge is -2.10. The van der Waals surface area contributed by atoms with Crippen LogP contribution in [0.5, 0.6) is 0 Å². The second-order valence-corrected chi connectivity index (χ2v) is 4.55. The smallest absolute Gasteiger partial charge is 0.394 e. The highest BCUT2D eigenvalue weighted by Gasteiger charge is 2.25. The normalized spacial score (nSPS) is 15.0. The molecule has 0 aromatic heterocycles. The van der Waals surface area contributed by atoms with Gasteiger partial charge >= 0.3 is 8.80 Å². The van der Waals surface area contributed by atoms with E-state index in [9.17, 15) is 0 Å². The summed E-state index contributed by atoms with van der Waals surface area (Å²) in [5.41, 5.74) is 0. The third-order valence-corrected chi connectivity index (χ3v) is 2.28. The fourth-order valence-electron chi connectivity index (χ4n) is 0.666. The second-order valence-electron chi connectivity index (χ2n) is 2.50. The van der Waals surface area contributed by atoms with Gasteiger partial charge in [-0.3, -0.25) is 0 Å². The van der Waals surface area contributed by atoms with Crippen LogP contribution in [0, 0.1) is 0 Å². The Hall–Kier alpha value is 0.0169. The third kappa shape index (κ3) is 7.92. The number of aliphatic hydroxyl groups is 2. The predicted octanol–water partition coefficient (Wildman–Crippen LogP) is -1.96. The van der Waals surface area contributed by atoms with Crippen molar-refractivity contribution in [1.82, 2.24) is 0 Å². The standard InChI is InChI=1S/C5H14O5Si/c6-4-5(7)2-1-3-11(8,9)10/h5-10H,1-4H2. The summed E-state index contributed by atoms with van der Waals surface area (Å²) in [6.45, 7) is -0.336. The summed E-state index contributed by atoms with van der Waals surface area (Å²) in [6.07, 6.45) is -0.254. The molecule has 5 nitrogen and oxygen atoms in total. The van der Waals surface area contributed by atoms with Gasteiger partial charge in [0.1, 0.15) is 0 Å². The fourth-order valence-corrected chi connectivity index (χ4v) is 1.34. The van der Waals surface area contributed by atoms with Crippen LogP contribution in [0.3, 0.4) is 0 Å². The molecule has 1 unspecified atom stereocenters. The molecule has 0 saturated carbocycles. The zero-order valence-electron chi connectivity index (χ0n) is 6.14. The first kappa shape index (κ1) is 11.0. The molecule has 0 fully saturated rings. The van der Waals surface area contributed by atoms with E-state index in [-0.39, 0.29) is 19.1 Å². The SMILES string of the molecule is OCC(O)CCC[Si](O)(O)O. The van der Waals surface area contributed by atoms with Gasteiger partial charge in [0.2, 0.25) is 0 Å². The largest absolute Gasteiger partial charge is 0.492 e. The zero-order valence-corrected chi connectivity index (χ0v) is 7.14. The highest BCUT2D eigenvalue weighted by Crippen LogP contribution is 2.06. The Morgan fingerprint density at radius 3 is 2.09 bits per heavy atom. The van der Waals surface area contributed by atoms with Crippen molar-refractivity contribution in [2.45, 2.75) is 25.0 Å². The summed E-state index contributed by atoms with van der Waals surface area (Å²) in [6, 6.07) is -0.0932. The van der Waals surface area contributed by atoms with Crippen LogP contribution < -0.4 is 0 Å². The average molecular weight is 182 g/mol. The van der Waals surface area contributed by atoms with E-state index in [1.807, 2.05) is 0 Å². The number of rotatable bonds is 5. The average Bonchev–Trinajstić information content (AvgIpc) is 1.85. The minimum Gasteiger partial charge on any atom is -0.394 e. The summed E-state index contributed by atoms with van der Waals surface area (Å²) < 4.78 is 0. The Morgan fingerprint density at radius 2 is 1.73 bits per heavy atom. The van der Waals surface area contributed by atoms with Crippen LogP contribution in [0.25, 0.3) is 0 Å². The molecular weight excluding hydrogens is 168 g/mol. The summed E-state index contributed by atoms with van der Waals surface area (Å²) >= 11 is 0. The monoisotopic (exact) mass is 182 g/mol. The van der Waals surface area contributed by atoms with Gasteiger partial charge in [-0.2, -0.15) is 0 Å². The molecule has 0 rings (SSSR count). The first-order valence-corrected chi connectivity index (χ1v) is 5.46.